The predicted molar refractivity (Wildman–Crippen MR) is 93.8 cm³/mol. The van der Waals surface area contributed by atoms with Gasteiger partial charge in [0.05, 0.1) is 0 Å². The van der Waals surface area contributed by atoms with Crippen LogP contribution in [0.5, 0.6) is 0 Å². The Morgan fingerprint density at radius 3 is 2.59 bits per heavy atom. The molecule has 10 heteroatoms. The minimum atomic E-state index is -4.51. The number of halogens is 3. The van der Waals surface area contributed by atoms with E-state index >= 15 is 0 Å². The lowest BCUT2D eigenvalue weighted by molar-refractivity contribution is -0.141. The molecule has 0 amide bonds. The zero-order chi connectivity index (χ0) is 19.2. The Bertz CT molecular complexity index is 813. The molecule has 27 heavy (non-hydrogen) atoms. The second-order valence-corrected chi connectivity index (χ2v) is 7.42. The first kappa shape index (κ1) is 18.0. The molecule has 1 saturated carbocycles. The van der Waals surface area contributed by atoms with Gasteiger partial charge in [-0.1, -0.05) is 0 Å². The lowest BCUT2D eigenvalue weighted by Crippen LogP contribution is -2.37. The van der Waals surface area contributed by atoms with Crippen molar-refractivity contribution < 1.29 is 13.2 Å². The van der Waals surface area contributed by atoms with Crippen molar-refractivity contribution in [3.05, 3.63) is 23.9 Å². The Balaban J connectivity index is 1.62. The van der Waals surface area contributed by atoms with E-state index in [1.54, 1.807) is 25.3 Å². The van der Waals surface area contributed by atoms with E-state index in [0.29, 0.717) is 19.1 Å². The molecule has 1 aliphatic carbocycles. The van der Waals surface area contributed by atoms with E-state index in [2.05, 4.69) is 24.7 Å². The highest BCUT2D eigenvalue weighted by Gasteiger charge is 2.36. The van der Waals surface area contributed by atoms with Crippen LogP contribution in [0.2, 0.25) is 0 Å². The first-order valence-electron chi connectivity index (χ1n) is 9.11. The van der Waals surface area contributed by atoms with Crippen LogP contribution in [0.1, 0.15) is 49.2 Å². The molecule has 0 N–H and O–H groups in total. The number of rotatable bonds is 4. The fourth-order valence-corrected chi connectivity index (χ4v) is 3.49. The Kier molecular flexibility index (Phi) is 4.43. The van der Waals surface area contributed by atoms with E-state index in [1.165, 1.54) is 0 Å². The summed E-state index contributed by atoms with van der Waals surface area (Å²) in [5, 5.41) is 8.34. The Hall–Kier alpha value is -2.39. The van der Waals surface area contributed by atoms with E-state index in [1.807, 2.05) is 4.90 Å². The summed E-state index contributed by atoms with van der Waals surface area (Å²) in [6, 6.07) is 1.45. The molecule has 1 saturated heterocycles. The van der Waals surface area contributed by atoms with Gasteiger partial charge in [-0.15, -0.1) is 10.2 Å². The summed E-state index contributed by atoms with van der Waals surface area (Å²) in [5.74, 6) is 1.40. The zero-order valence-electron chi connectivity index (χ0n) is 15.3. The van der Waals surface area contributed by atoms with Crippen LogP contribution in [0.4, 0.5) is 24.9 Å². The van der Waals surface area contributed by atoms with Crippen molar-refractivity contribution in [2.24, 2.45) is 0 Å². The van der Waals surface area contributed by atoms with Gasteiger partial charge in [-0.3, -0.25) is 0 Å². The van der Waals surface area contributed by atoms with E-state index in [0.717, 1.165) is 37.6 Å². The molecular weight excluding hydrogens is 359 g/mol. The molecule has 3 heterocycles. The van der Waals surface area contributed by atoms with Gasteiger partial charge in [-0.25, -0.2) is 4.98 Å². The largest absolute Gasteiger partial charge is 0.433 e. The van der Waals surface area contributed by atoms with Crippen LogP contribution in [-0.2, 0) is 6.18 Å². The number of anilines is 2. The van der Waals surface area contributed by atoms with Crippen molar-refractivity contribution in [2.45, 2.75) is 43.8 Å². The summed E-state index contributed by atoms with van der Waals surface area (Å²) < 4.78 is 42.0. The van der Waals surface area contributed by atoms with Crippen LogP contribution >= 0.6 is 0 Å². The van der Waals surface area contributed by atoms with Gasteiger partial charge in [-0.2, -0.15) is 18.2 Å². The minimum Gasteiger partial charge on any atom is -0.363 e. The highest BCUT2D eigenvalue weighted by atomic mass is 19.4. The zero-order valence-corrected chi connectivity index (χ0v) is 15.3. The topological polar surface area (TPSA) is 63.0 Å². The van der Waals surface area contributed by atoms with E-state index in [-0.39, 0.29) is 17.7 Å². The second-order valence-electron chi connectivity index (χ2n) is 7.42. The van der Waals surface area contributed by atoms with Crippen molar-refractivity contribution in [1.29, 1.82) is 0 Å². The normalized spacial score (nSPS) is 20.8. The summed E-state index contributed by atoms with van der Waals surface area (Å²) in [4.78, 5) is 11.6. The summed E-state index contributed by atoms with van der Waals surface area (Å²) in [6.07, 6.45) is 1.29. The van der Waals surface area contributed by atoms with Crippen LogP contribution in [0.25, 0.3) is 0 Å². The van der Waals surface area contributed by atoms with Gasteiger partial charge in [0.2, 0.25) is 5.95 Å². The van der Waals surface area contributed by atoms with Gasteiger partial charge < -0.3 is 14.4 Å². The van der Waals surface area contributed by atoms with Crippen molar-refractivity contribution in [1.82, 2.24) is 24.7 Å². The number of hydrogen-bond donors (Lipinski definition) is 0. The maximum atomic E-state index is 13.3. The van der Waals surface area contributed by atoms with Crippen molar-refractivity contribution in [2.75, 3.05) is 37.0 Å². The van der Waals surface area contributed by atoms with Crippen molar-refractivity contribution in [3.8, 4) is 0 Å². The van der Waals surface area contributed by atoms with Gasteiger partial charge >= 0.3 is 6.18 Å². The molecule has 2 aromatic heterocycles. The molecule has 0 spiro atoms. The third-order valence-corrected chi connectivity index (χ3v) is 5.06. The molecular formula is C17H22F3N7. The summed E-state index contributed by atoms with van der Waals surface area (Å²) in [7, 11) is 3.34. The predicted octanol–water partition coefficient (Wildman–Crippen LogP) is 2.87. The maximum Gasteiger partial charge on any atom is 0.433 e. The van der Waals surface area contributed by atoms with E-state index in [4.69, 9.17) is 0 Å². The lowest BCUT2D eigenvalue weighted by Gasteiger charge is -2.33. The van der Waals surface area contributed by atoms with E-state index < -0.39 is 11.9 Å². The molecule has 7 nitrogen and oxygen atoms in total. The average molecular weight is 381 g/mol. The third kappa shape index (κ3) is 3.70. The SMILES string of the molecule is CN(C)c1cc(C(F)(F)F)nc(N2CCCC(c3nncn3C3CC3)C2)n1. The number of alkyl halides is 3. The Morgan fingerprint density at radius 1 is 1.15 bits per heavy atom. The van der Waals surface area contributed by atoms with Crippen LogP contribution in [-0.4, -0.2) is 51.9 Å². The maximum absolute atomic E-state index is 13.3. The van der Waals surface area contributed by atoms with Gasteiger partial charge in [0.1, 0.15) is 18.0 Å². The minimum absolute atomic E-state index is 0.114. The molecule has 2 aromatic rings. The number of nitrogens with zero attached hydrogens (tertiary/aromatic N) is 7. The molecule has 146 valence electrons. The third-order valence-electron chi connectivity index (χ3n) is 5.06. The van der Waals surface area contributed by atoms with Crippen LogP contribution < -0.4 is 9.80 Å². The van der Waals surface area contributed by atoms with Gasteiger partial charge in [-0.05, 0) is 25.7 Å². The molecule has 4 rings (SSSR count). The lowest BCUT2D eigenvalue weighted by atomic mass is 9.97. The standard InChI is InChI=1S/C17H22F3N7/c1-25(2)14-8-13(17(18,19)20)22-16(23-14)26-7-3-4-11(9-26)15-24-21-10-27(15)12-5-6-12/h8,10-12H,3-7,9H2,1-2H3. The first-order chi connectivity index (χ1) is 12.8. The summed E-state index contributed by atoms with van der Waals surface area (Å²) in [6.45, 7) is 1.17. The molecule has 0 bridgehead atoms. The second kappa shape index (κ2) is 6.65. The van der Waals surface area contributed by atoms with Crippen molar-refractivity contribution >= 4 is 11.8 Å². The first-order valence-corrected chi connectivity index (χ1v) is 9.11. The van der Waals surface area contributed by atoms with Crippen LogP contribution in [0, 0.1) is 0 Å². The fraction of sp³-hybridized carbons (Fsp3) is 0.647. The quantitative estimate of drug-likeness (QED) is 0.812. The molecule has 2 aliphatic rings. The number of aromatic nitrogens is 5. The summed E-state index contributed by atoms with van der Waals surface area (Å²) in [5.41, 5.74) is -0.917. The molecule has 2 fully saturated rings. The summed E-state index contributed by atoms with van der Waals surface area (Å²) >= 11 is 0. The molecule has 0 aromatic carbocycles. The monoisotopic (exact) mass is 381 g/mol. The molecule has 1 unspecified atom stereocenters. The smallest absolute Gasteiger partial charge is 0.363 e. The van der Waals surface area contributed by atoms with Crippen molar-refractivity contribution in [3.63, 3.8) is 0 Å². The van der Waals surface area contributed by atoms with Crippen LogP contribution in [0.15, 0.2) is 12.4 Å². The number of hydrogen-bond acceptors (Lipinski definition) is 6. The molecule has 1 atom stereocenters. The average Bonchev–Trinajstić information content (AvgIpc) is 3.37. The Morgan fingerprint density at radius 2 is 1.93 bits per heavy atom. The highest BCUT2D eigenvalue weighted by Crippen LogP contribution is 2.38. The van der Waals surface area contributed by atoms with E-state index in [9.17, 15) is 13.2 Å². The van der Waals surface area contributed by atoms with Gasteiger partial charge in [0.25, 0.3) is 0 Å². The molecule has 1 aliphatic heterocycles. The highest BCUT2D eigenvalue weighted by molar-refractivity contribution is 5.46. The fourth-order valence-electron chi connectivity index (χ4n) is 3.49. The molecule has 0 radical (unpaired) electrons. The van der Waals surface area contributed by atoms with Gasteiger partial charge in [0.15, 0.2) is 5.69 Å². The Labute approximate surface area is 155 Å². The number of piperidine rings is 1. The van der Waals surface area contributed by atoms with Gasteiger partial charge in [0, 0.05) is 45.2 Å². The van der Waals surface area contributed by atoms with Crippen LogP contribution in [0.3, 0.4) is 0 Å².